The van der Waals surface area contributed by atoms with Crippen LogP contribution in [0.15, 0.2) is 43.1 Å². The molecule has 3 nitrogen and oxygen atoms in total. The zero-order chi connectivity index (χ0) is 12.3. The van der Waals surface area contributed by atoms with E-state index in [2.05, 4.69) is 23.8 Å². The second-order valence-corrected chi connectivity index (χ2v) is 4.18. The summed E-state index contributed by atoms with van der Waals surface area (Å²) in [5.41, 5.74) is 8.58. The molecule has 0 bridgehead atoms. The van der Waals surface area contributed by atoms with Crippen molar-refractivity contribution in [3.05, 3.63) is 43.1 Å². The highest BCUT2D eigenvalue weighted by atomic mass is 14.9. The molecule has 0 fully saturated rings. The van der Waals surface area contributed by atoms with Crippen molar-refractivity contribution in [2.24, 2.45) is 0 Å². The summed E-state index contributed by atoms with van der Waals surface area (Å²) >= 11 is 0. The Balaban J connectivity index is 2.44. The Bertz CT molecular complexity index is 534. The summed E-state index contributed by atoms with van der Waals surface area (Å²) in [6.45, 7) is 5.85. The molecule has 88 valence electrons. The molecule has 0 spiro atoms. The van der Waals surface area contributed by atoms with Gasteiger partial charge >= 0.3 is 0 Å². The molecule has 0 saturated carbocycles. The fraction of sp³-hybridized carbons (Fsp3) is 0.214. The average Bonchev–Trinajstić information content (AvgIpc) is 2.33. The van der Waals surface area contributed by atoms with Crippen LogP contribution in [0.3, 0.4) is 0 Å². The number of nitrogens with one attached hydrogen (secondary N) is 1. The van der Waals surface area contributed by atoms with Gasteiger partial charge in [0.2, 0.25) is 0 Å². The van der Waals surface area contributed by atoms with Gasteiger partial charge in [-0.2, -0.15) is 0 Å². The van der Waals surface area contributed by atoms with E-state index in [1.807, 2.05) is 30.3 Å². The molecular formula is C14H17N3. The van der Waals surface area contributed by atoms with E-state index in [4.69, 9.17) is 5.73 Å². The smallest absolute Gasteiger partial charge is 0.0743 e. The number of pyridine rings is 1. The molecule has 2 aromatic rings. The Kier molecular flexibility index (Phi) is 3.28. The first-order valence-corrected chi connectivity index (χ1v) is 5.73. The van der Waals surface area contributed by atoms with Gasteiger partial charge in [-0.25, -0.2) is 0 Å². The number of hydrogen-bond acceptors (Lipinski definition) is 3. The maximum atomic E-state index is 5.98. The first-order valence-electron chi connectivity index (χ1n) is 5.73. The van der Waals surface area contributed by atoms with Gasteiger partial charge in [0.05, 0.1) is 23.1 Å². The van der Waals surface area contributed by atoms with Gasteiger partial charge in [-0.05, 0) is 19.4 Å². The molecule has 0 saturated heterocycles. The van der Waals surface area contributed by atoms with Gasteiger partial charge in [-0.1, -0.05) is 24.3 Å². The molecule has 3 N–H and O–H groups in total. The lowest BCUT2D eigenvalue weighted by Gasteiger charge is -2.17. The predicted molar refractivity (Wildman–Crippen MR) is 74.1 cm³/mol. The summed E-state index contributed by atoms with van der Waals surface area (Å²) in [5.74, 6) is 0. The third kappa shape index (κ3) is 2.38. The van der Waals surface area contributed by atoms with E-state index in [9.17, 15) is 0 Å². The maximum Gasteiger partial charge on any atom is 0.0743 e. The van der Waals surface area contributed by atoms with Crippen molar-refractivity contribution >= 4 is 22.3 Å². The highest BCUT2D eigenvalue weighted by molar-refractivity contribution is 5.96. The molecule has 1 heterocycles. The van der Waals surface area contributed by atoms with E-state index >= 15 is 0 Å². The van der Waals surface area contributed by atoms with E-state index < -0.39 is 0 Å². The van der Waals surface area contributed by atoms with E-state index in [-0.39, 0.29) is 0 Å². The molecule has 1 aromatic carbocycles. The maximum absolute atomic E-state index is 5.98. The summed E-state index contributed by atoms with van der Waals surface area (Å²) in [6, 6.07) is 8.29. The summed E-state index contributed by atoms with van der Waals surface area (Å²) in [7, 11) is 0. The second-order valence-electron chi connectivity index (χ2n) is 4.18. The molecule has 0 aliphatic heterocycles. The van der Waals surface area contributed by atoms with E-state index in [0.29, 0.717) is 11.7 Å². The van der Waals surface area contributed by atoms with Gasteiger partial charge in [0.25, 0.3) is 0 Å². The normalized spacial score (nSPS) is 12.3. The highest BCUT2D eigenvalue weighted by Gasteiger charge is 2.08. The fourth-order valence-corrected chi connectivity index (χ4v) is 1.87. The van der Waals surface area contributed by atoms with Crippen molar-refractivity contribution in [1.29, 1.82) is 0 Å². The molecule has 3 heteroatoms. The van der Waals surface area contributed by atoms with Crippen LogP contribution in [0.5, 0.6) is 0 Å². The minimum Gasteiger partial charge on any atom is -0.396 e. The van der Waals surface area contributed by atoms with Gasteiger partial charge in [-0.3, -0.25) is 4.98 Å². The number of para-hydroxylation sites is 1. The van der Waals surface area contributed by atoms with Crippen LogP contribution in [0.25, 0.3) is 10.9 Å². The predicted octanol–water partition coefficient (Wildman–Crippen LogP) is 3.19. The molecule has 0 radical (unpaired) electrons. The highest BCUT2D eigenvalue weighted by Crippen LogP contribution is 2.28. The number of nitrogens with two attached hydrogens (primary N) is 1. The van der Waals surface area contributed by atoms with Crippen LogP contribution in [0.2, 0.25) is 0 Å². The zero-order valence-corrected chi connectivity index (χ0v) is 9.98. The van der Waals surface area contributed by atoms with Crippen LogP contribution < -0.4 is 11.1 Å². The van der Waals surface area contributed by atoms with Crippen LogP contribution in [-0.4, -0.2) is 11.0 Å². The van der Waals surface area contributed by atoms with Crippen LogP contribution >= 0.6 is 0 Å². The van der Waals surface area contributed by atoms with Crippen molar-refractivity contribution in [2.75, 3.05) is 11.1 Å². The Morgan fingerprint density at radius 3 is 3.00 bits per heavy atom. The van der Waals surface area contributed by atoms with Gasteiger partial charge < -0.3 is 11.1 Å². The average molecular weight is 227 g/mol. The van der Waals surface area contributed by atoms with Crippen molar-refractivity contribution < 1.29 is 0 Å². The lowest BCUT2D eigenvalue weighted by Crippen LogP contribution is -2.15. The van der Waals surface area contributed by atoms with Crippen molar-refractivity contribution in [2.45, 2.75) is 19.4 Å². The molecule has 0 aliphatic carbocycles. The first-order chi connectivity index (χ1) is 8.22. The molecule has 2 rings (SSSR count). The number of anilines is 2. The molecular weight excluding hydrogens is 210 g/mol. The SMILES string of the molecule is C=CCC(C)Nc1c(N)cnc2ccccc12. The summed E-state index contributed by atoms with van der Waals surface area (Å²) < 4.78 is 0. The molecule has 17 heavy (non-hydrogen) atoms. The van der Waals surface area contributed by atoms with Crippen LogP contribution in [-0.2, 0) is 0 Å². The van der Waals surface area contributed by atoms with Crippen LogP contribution in [0.1, 0.15) is 13.3 Å². The monoisotopic (exact) mass is 227 g/mol. The lowest BCUT2D eigenvalue weighted by molar-refractivity contribution is 0.816. The summed E-state index contributed by atoms with van der Waals surface area (Å²) in [5, 5.41) is 4.48. The van der Waals surface area contributed by atoms with Gasteiger partial charge in [-0.15, -0.1) is 6.58 Å². The number of rotatable bonds is 4. The Morgan fingerprint density at radius 1 is 1.47 bits per heavy atom. The molecule has 1 unspecified atom stereocenters. The number of nitrogens with zero attached hydrogens (tertiary/aromatic N) is 1. The summed E-state index contributed by atoms with van der Waals surface area (Å²) in [6.07, 6.45) is 4.50. The van der Waals surface area contributed by atoms with E-state index in [1.54, 1.807) is 6.20 Å². The fourth-order valence-electron chi connectivity index (χ4n) is 1.87. The minimum absolute atomic E-state index is 0.306. The molecule has 1 atom stereocenters. The minimum atomic E-state index is 0.306. The first kappa shape index (κ1) is 11.5. The quantitative estimate of drug-likeness (QED) is 0.789. The van der Waals surface area contributed by atoms with Gasteiger partial charge in [0.1, 0.15) is 0 Å². The van der Waals surface area contributed by atoms with Crippen molar-refractivity contribution in [3.8, 4) is 0 Å². The zero-order valence-electron chi connectivity index (χ0n) is 9.98. The standard InChI is InChI=1S/C14H17N3/c1-3-6-10(2)17-14-11-7-4-5-8-13(11)16-9-12(14)15/h3-5,7-10H,1,6,15H2,2H3,(H,16,17). The largest absolute Gasteiger partial charge is 0.396 e. The number of fused-ring (bicyclic) bond motifs is 1. The van der Waals surface area contributed by atoms with Crippen molar-refractivity contribution in [3.63, 3.8) is 0 Å². The third-order valence-corrected chi connectivity index (χ3v) is 2.72. The number of hydrogen-bond donors (Lipinski definition) is 2. The Hall–Kier alpha value is -2.03. The second kappa shape index (κ2) is 4.87. The van der Waals surface area contributed by atoms with E-state index in [1.165, 1.54) is 0 Å². The molecule has 0 amide bonds. The number of benzene rings is 1. The molecule has 0 aliphatic rings. The number of aromatic nitrogens is 1. The number of nitrogen functional groups attached to an aromatic ring is 1. The van der Waals surface area contributed by atoms with Crippen LogP contribution in [0.4, 0.5) is 11.4 Å². The van der Waals surface area contributed by atoms with Gasteiger partial charge in [0, 0.05) is 11.4 Å². The molecule has 1 aromatic heterocycles. The Morgan fingerprint density at radius 2 is 2.24 bits per heavy atom. The Labute approximate surface area is 101 Å². The topological polar surface area (TPSA) is 50.9 Å². The van der Waals surface area contributed by atoms with E-state index in [0.717, 1.165) is 23.0 Å². The third-order valence-electron chi connectivity index (χ3n) is 2.72. The van der Waals surface area contributed by atoms with Gasteiger partial charge in [0.15, 0.2) is 0 Å². The van der Waals surface area contributed by atoms with Crippen molar-refractivity contribution in [1.82, 2.24) is 4.98 Å². The summed E-state index contributed by atoms with van der Waals surface area (Å²) in [4.78, 5) is 4.31. The lowest BCUT2D eigenvalue weighted by atomic mass is 10.1. The van der Waals surface area contributed by atoms with Crippen LogP contribution in [0, 0.1) is 0 Å².